The fourth-order valence-corrected chi connectivity index (χ4v) is 4.40. The van der Waals surface area contributed by atoms with Crippen LogP contribution in [0.4, 0.5) is 0 Å². The summed E-state index contributed by atoms with van der Waals surface area (Å²) in [7, 11) is -2.26. The molecule has 0 bridgehead atoms. The molecule has 26 heavy (non-hydrogen) atoms. The van der Waals surface area contributed by atoms with Gasteiger partial charge < -0.3 is 10.1 Å². The summed E-state index contributed by atoms with van der Waals surface area (Å²) in [5.74, 6) is -1.10. The third-order valence-electron chi connectivity index (χ3n) is 4.48. The molecule has 1 saturated heterocycles. The molecule has 1 aliphatic rings. The Morgan fingerprint density at radius 3 is 2.15 bits per heavy atom. The number of rotatable bonds is 6. The fraction of sp³-hybridized carbons (Fsp3) is 0.556. The Kier molecular flexibility index (Phi) is 6.77. The molecular weight excluding hydrogens is 356 g/mol. The molecule has 1 unspecified atom stereocenters. The second-order valence-electron chi connectivity index (χ2n) is 6.71. The Balaban J connectivity index is 2.13. The number of piperidine rings is 1. The van der Waals surface area contributed by atoms with Crippen LogP contribution < -0.4 is 5.32 Å². The van der Waals surface area contributed by atoms with Gasteiger partial charge in [0.1, 0.15) is 6.04 Å². The maximum absolute atomic E-state index is 12.6. The van der Waals surface area contributed by atoms with E-state index in [1.54, 1.807) is 13.8 Å². The lowest BCUT2D eigenvalue weighted by atomic mass is 10.0. The molecule has 1 fully saturated rings. The SMILES string of the molecule is COC(=O)C(NC(=O)c1ccc(S(=O)(=O)N2CCCCC2)cc1)C(C)C. The molecule has 1 aliphatic heterocycles. The minimum absolute atomic E-state index is 0.134. The monoisotopic (exact) mass is 382 g/mol. The van der Waals surface area contributed by atoms with E-state index in [9.17, 15) is 18.0 Å². The lowest BCUT2D eigenvalue weighted by Gasteiger charge is -2.26. The normalized spacial score (nSPS) is 16.9. The number of sulfonamides is 1. The summed E-state index contributed by atoms with van der Waals surface area (Å²) in [6.45, 7) is 4.66. The molecule has 8 heteroatoms. The third kappa shape index (κ3) is 4.62. The third-order valence-corrected chi connectivity index (χ3v) is 6.39. The summed E-state index contributed by atoms with van der Waals surface area (Å²) >= 11 is 0. The molecule has 0 aliphatic carbocycles. The average Bonchev–Trinajstić information content (AvgIpc) is 2.65. The van der Waals surface area contributed by atoms with Gasteiger partial charge >= 0.3 is 5.97 Å². The van der Waals surface area contributed by atoms with Gasteiger partial charge in [-0.05, 0) is 43.0 Å². The zero-order chi connectivity index (χ0) is 19.3. The first-order chi connectivity index (χ1) is 12.3. The molecule has 1 aromatic rings. The van der Waals surface area contributed by atoms with Crippen LogP contribution in [0.1, 0.15) is 43.5 Å². The van der Waals surface area contributed by atoms with E-state index in [-0.39, 0.29) is 16.4 Å². The minimum atomic E-state index is -3.53. The van der Waals surface area contributed by atoms with E-state index in [0.29, 0.717) is 13.1 Å². The predicted molar refractivity (Wildman–Crippen MR) is 97.2 cm³/mol. The Bertz CT molecular complexity index is 737. The van der Waals surface area contributed by atoms with Crippen molar-refractivity contribution in [1.29, 1.82) is 0 Å². The maximum atomic E-state index is 12.6. The van der Waals surface area contributed by atoms with Crippen LogP contribution in [0.25, 0.3) is 0 Å². The summed E-state index contributed by atoms with van der Waals surface area (Å²) < 4.78 is 31.4. The zero-order valence-corrected chi connectivity index (χ0v) is 16.2. The van der Waals surface area contributed by atoms with E-state index in [1.165, 1.54) is 35.7 Å². The number of carbonyl (C=O) groups excluding carboxylic acids is 2. The van der Waals surface area contributed by atoms with Crippen LogP contribution in [0.15, 0.2) is 29.2 Å². The van der Waals surface area contributed by atoms with Crippen LogP contribution in [0.3, 0.4) is 0 Å². The Hall–Kier alpha value is -1.93. The number of nitrogens with zero attached hydrogens (tertiary/aromatic N) is 1. The standard InChI is InChI=1S/C18H26N2O5S/c1-13(2)16(18(22)25-3)19-17(21)14-7-9-15(10-8-14)26(23,24)20-11-5-4-6-12-20/h7-10,13,16H,4-6,11-12H2,1-3H3,(H,19,21). The molecular formula is C18H26N2O5S. The number of amides is 1. The molecule has 0 saturated carbocycles. The molecule has 1 amide bonds. The Labute approximate surface area is 154 Å². The van der Waals surface area contributed by atoms with Crippen molar-refractivity contribution in [3.8, 4) is 0 Å². The van der Waals surface area contributed by atoms with Gasteiger partial charge in [-0.1, -0.05) is 20.3 Å². The molecule has 0 radical (unpaired) electrons. The zero-order valence-electron chi connectivity index (χ0n) is 15.4. The highest BCUT2D eigenvalue weighted by atomic mass is 32.2. The summed E-state index contributed by atoms with van der Waals surface area (Å²) in [4.78, 5) is 24.3. The lowest BCUT2D eigenvalue weighted by molar-refractivity contribution is -0.144. The number of hydrogen-bond acceptors (Lipinski definition) is 5. The molecule has 0 spiro atoms. The van der Waals surface area contributed by atoms with Gasteiger partial charge in [-0.25, -0.2) is 13.2 Å². The smallest absolute Gasteiger partial charge is 0.328 e. The van der Waals surface area contributed by atoms with Crippen LogP contribution in [-0.2, 0) is 19.6 Å². The van der Waals surface area contributed by atoms with Crippen LogP contribution in [0.5, 0.6) is 0 Å². The van der Waals surface area contributed by atoms with Gasteiger partial charge in [0.15, 0.2) is 0 Å². The molecule has 1 atom stereocenters. The topological polar surface area (TPSA) is 92.8 Å². The lowest BCUT2D eigenvalue weighted by Crippen LogP contribution is -2.45. The van der Waals surface area contributed by atoms with Crippen molar-refractivity contribution in [3.63, 3.8) is 0 Å². The van der Waals surface area contributed by atoms with Gasteiger partial charge in [-0.2, -0.15) is 4.31 Å². The maximum Gasteiger partial charge on any atom is 0.328 e. The highest BCUT2D eigenvalue weighted by Crippen LogP contribution is 2.21. The van der Waals surface area contributed by atoms with Gasteiger partial charge in [0.05, 0.1) is 12.0 Å². The van der Waals surface area contributed by atoms with Crippen LogP contribution in [0.2, 0.25) is 0 Å². The van der Waals surface area contributed by atoms with Crippen molar-refractivity contribution in [3.05, 3.63) is 29.8 Å². The van der Waals surface area contributed by atoms with Crippen LogP contribution in [-0.4, -0.2) is 50.8 Å². The second kappa shape index (κ2) is 8.64. The predicted octanol–water partition coefficient (Wildman–Crippen LogP) is 1.79. The summed E-state index contributed by atoms with van der Waals surface area (Å²) in [6, 6.07) is 5.02. The number of benzene rings is 1. The number of nitrogens with one attached hydrogen (secondary N) is 1. The van der Waals surface area contributed by atoms with E-state index in [2.05, 4.69) is 5.32 Å². The first kappa shape index (κ1) is 20.4. The number of esters is 1. The molecule has 2 rings (SSSR count). The van der Waals surface area contributed by atoms with Gasteiger partial charge in [0.2, 0.25) is 10.0 Å². The van der Waals surface area contributed by atoms with E-state index in [4.69, 9.17) is 4.74 Å². The van der Waals surface area contributed by atoms with Crippen molar-refractivity contribution in [2.45, 2.75) is 44.0 Å². The molecule has 1 N–H and O–H groups in total. The van der Waals surface area contributed by atoms with Gasteiger partial charge in [0.25, 0.3) is 5.91 Å². The second-order valence-corrected chi connectivity index (χ2v) is 8.65. The number of ether oxygens (including phenoxy) is 1. The van der Waals surface area contributed by atoms with Gasteiger partial charge in [-0.15, -0.1) is 0 Å². The Morgan fingerprint density at radius 2 is 1.65 bits per heavy atom. The van der Waals surface area contributed by atoms with E-state index in [1.807, 2.05) is 0 Å². The van der Waals surface area contributed by atoms with E-state index >= 15 is 0 Å². The fourth-order valence-electron chi connectivity index (χ4n) is 2.88. The van der Waals surface area contributed by atoms with Crippen molar-refractivity contribution >= 4 is 21.9 Å². The molecule has 0 aromatic heterocycles. The molecule has 144 valence electrons. The van der Waals surface area contributed by atoms with Crippen molar-refractivity contribution in [1.82, 2.24) is 9.62 Å². The first-order valence-electron chi connectivity index (χ1n) is 8.76. The number of methoxy groups -OCH3 is 1. The Morgan fingerprint density at radius 1 is 1.08 bits per heavy atom. The summed E-state index contributed by atoms with van der Waals surface area (Å²) in [5.41, 5.74) is 0.289. The largest absolute Gasteiger partial charge is 0.467 e. The average molecular weight is 382 g/mol. The van der Waals surface area contributed by atoms with Crippen molar-refractivity contribution < 1.29 is 22.7 Å². The van der Waals surface area contributed by atoms with Gasteiger partial charge in [-0.3, -0.25) is 4.79 Å². The highest BCUT2D eigenvalue weighted by Gasteiger charge is 2.27. The first-order valence-corrected chi connectivity index (χ1v) is 10.2. The van der Waals surface area contributed by atoms with Gasteiger partial charge in [0, 0.05) is 18.7 Å². The van der Waals surface area contributed by atoms with Crippen molar-refractivity contribution in [2.75, 3.05) is 20.2 Å². The number of carbonyl (C=O) groups is 2. The molecule has 1 aromatic carbocycles. The quantitative estimate of drug-likeness (QED) is 0.757. The molecule has 7 nitrogen and oxygen atoms in total. The van der Waals surface area contributed by atoms with E-state index < -0.39 is 27.9 Å². The van der Waals surface area contributed by atoms with Crippen molar-refractivity contribution in [2.24, 2.45) is 5.92 Å². The summed E-state index contributed by atoms with van der Waals surface area (Å²) in [6.07, 6.45) is 2.77. The number of hydrogen-bond donors (Lipinski definition) is 1. The molecule has 1 heterocycles. The minimum Gasteiger partial charge on any atom is -0.467 e. The summed E-state index contributed by atoms with van der Waals surface area (Å²) in [5, 5.41) is 2.63. The van der Waals surface area contributed by atoms with Crippen LogP contribution >= 0.6 is 0 Å². The van der Waals surface area contributed by atoms with Crippen LogP contribution in [0, 0.1) is 5.92 Å². The van der Waals surface area contributed by atoms with E-state index in [0.717, 1.165) is 19.3 Å². The highest BCUT2D eigenvalue weighted by molar-refractivity contribution is 7.89.